The summed E-state index contributed by atoms with van der Waals surface area (Å²) in [5.41, 5.74) is 0. The molecule has 0 radical (unpaired) electrons. The number of halogens is 6. The van der Waals surface area contributed by atoms with Crippen LogP contribution < -0.4 is 0 Å². The summed E-state index contributed by atoms with van der Waals surface area (Å²) >= 11 is 0. The SMILES string of the molecule is FCC=CC(F)=C(F)C(F)(F)F. The molecule has 0 bridgehead atoms. The van der Waals surface area contributed by atoms with Crippen LogP contribution in [0.3, 0.4) is 0 Å². The highest BCUT2D eigenvalue weighted by atomic mass is 19.4. The lowest BCUT2D eigenvalue weighted by atomic mass is 10.4. The molecule has 0 aliphatic heterocycles. The van der Waals surface area contributed by atoms with Crippen molar-refractivity contribution >= 4 is 0 Å². The molecule has 0 fully saturated rings. The second-order valence-electron chi connectivity index (χ2n) is 1.72. The Balaban J connectivity index is 4.58. The zero-order valence-electron chi connectivity index (χ0n) is 5.63. The van der Waals surface area contributed by atoms with E-state index in [1.54, 1.807) is 0 Å². The van der Waals surface area contributed by atoms with Crippen molar-refractivity contribution in [3.63, 3.8) is 0 Å². The maximum atomic E-state index is 12.0. The highest BCUT2D eigenvalue weighted by Gasteiger charge is 2.37. The number of allylic oxidation sites excluding steroid dienone is 4. The van der Waals surface area contributed by atoms with Gasteiger partial charge in [0.15, 0.2) is 5.83 Å². The van der Waals surface area contributed by atoms with Crippen LogP contribution in [0.5, 0.6) is 0 Å². The Hall–Kier alpha value is -0.940. The van der Waals surface area contributed by atoms with Gasteiger partial charge in [0, 0.05) is 0 Å². The molecule has 0 aliphatic rings. The van der Waals surface area contributed by atoms with E-state index in [2.05, 4.69) is 0 Å². The van der Waals surface area contributed by atoms with E-state index in [9.17, 15) is 26.3 Å². The molecule has 0 nitrogen and oxygen atoms in total. The van der Waals surface area contributed by atoms with Gasteiger partial charge >= 0.3 is 6.18 Å². The predicted molar refractivity (Wildman–Crippen MR) is 30.4 cm³/mol. The Bertz CT molecular complexity index is 199. The lowest BCUT2D eigenvalue weighted by molar-refractivity contribution is -0.110. The molecule has 0 aromatic rings. The van der Waals surface area contributed by atoms with Crippen molar-refractivity contribution in [1.29, 1.82) is 0 Å². The predicted octanol–water partition coefficient (Wildman–Crippen LogP) is 3.23. The molecule has 70 valence electrons. The van der Waals surface area contributed by atoms with Gasteiger partial charge in [-0.2, -0.15) is 17.6 Å². The average molecular weight is 190 g/mol. The fourth-order valence-electron chi connectivity index (χ4n) is 0.357. The third-order valence-electron chi connectivity index (χ3n) is 0.812. The van der Waals surface area contributed by atoms with Crippen LogP contribution >= 0.6 is 0 Å². The van der Waals surface area contributed by atoms with Crippen molar-refractivity contribution in [2.45, 2.75) is 6.18 Å². The van der Waals surface area contributed by atoms with Crippen LogP contribution in [-0.2, 0) is 0 Å². The largest absolute Gasteiger partial charge is 0.445 e. The Morgan fingerprint density at radius 1 is 1.17 bits per heavy atom. The summed E-state index contributed by atoms with van der Waals surface area (Å²) < 4.78 is 69.1. The standard InChI is InChI=1S/C6H4F6/c7-3-1-2-4(8)5(9)6(10,11)12/h1-2H,3H2. The van der Waals surface area contributed by atoms with Crippen molar-refractivity contribution in [3.8, 4) is 0 Å². The van der Waals surface area contributed by atoms with Crippen LogP contribution in [0, 0.1) is 0 Å². The van der Waals surface area contributed by atoms with Crippen LogP contribution in [0.1, 0.15) is 0 Å². The molecule has 0 heterocycles. The van der Waals surface area contributed by atoms with Gasteiger partial charge in [0.05, 0.1) is 0 Å². The van der Waals surface area contributed by atoms with E-state index in [0.29, 0.717) is 6.08 Å². The lowest BCUT2D eigenvalue weighted by Crippen LogP contribution is -2.08. The number of hydrogen-bond acceptors (Lipinski definition) is 0. The molecule has 6 heteroatoms. The van der Waals surface area contributed by atoms with Crippen LogP contribution in [0.15, 0.2) is 23.8 Å². The minimum absolute atomic E-state index is 0.0861. The van der Waals surface area contributed by atoms with E-state index >= 15 is 0 Å². The molecule has 0 saturated carbocycles. The molecule has 0 aromatic carbocycles. The van der Waals surface area contributed by atoms with Gasteiger partial charge in [-0.15, -0.1) is 0 Å². The first-order valence-electron chi connectivity index (χ1n) is 2.74. The van der Waals surface area contributed by atoms with Crippen LogP contribution in [0.4, 0.5) is 26.3 Å². The van der Waals surface area contributed by atoms with Crippen molar-refractivity contribution in [1.82, 2.24) is 0 Å². The molecule has 0 N–H and O–H groups in total. The van der Waals surface area contributed by atoms with E-state index in [1.807, 2.05) is 0 Å². The lowest BCUT2D eigenvalue weighted by Gasteiger charge is -2.01. The maximum Gasteiger partial charge on any atom is 0.445 e. The van der Waals surface area contributed by atoms with Gasteiger partial charge in [-0.3, -0.25) is 0 Å². The third-order valence-corrected chi connectivity index (χ3v) is 0.812. The first-order valence-corrected chi connectivity index (χ1v) is 2.74. The van der Waals surface area contributed by atoms with Crippen molar-refractivity contribution in [3.05, 3.63) is 23.8 Å². The average Bonchev–Trinajstić information content (AvgIpc) is 1.97. The van der Waals surface area contributed by atoms with Crippen molar-refractivity contribution in [2.75, 3.05) is 6.67 Å². The summed E-state index contributed by atoms with van der Waals surface area (Å²) in [5.74, 6) is -4.98. The Morgan fingerprint density at radius 3 is 2.00 bits per heavy atom. The zero-order chi connectivity index (χ0) is 9.78. The summed E-state index contributed by atoms with van der Waals surface area (Å²) in [6, 6.07) is 0. The van der Waals surface area contributed by atoms with E-state index < -0.39 is 24.5 Å². The Kier molecular flexibility index (Phi) is 3.85. The van der Waals surface area contributed by atoms with Gasteiger partial charge in [0.25, 0.3) is 0 Å². The Labute approximate surface area is 64.2 Å². The molecule has 0 amide bonds. The number of rotatable bonds is 2. The second-order valence-corrected chi connectivity index (χ2v) is 1.72. The summed E-state index contributed by atoms with van der Waals surface area (Å²) in [5, 5.41) is 0. The maximum absolute atomic E-state index is 12.0. The van der Waals surface area contributed by atoms with Gasteiger partial charge < -0.3 is 0 Å². The van der Waals surface area contributed by atoms with Gasteiger partial charge in [-0.05, 0) is 6.08 Å². The molecule has 0 unspecified atom stereocenters. The highest BCUT2D eigenvalue weighted by Crippen LogP contribution is 2.29. The van der Waals surface area contributed by atoms with Crippen molar-refractivity contribution < 1.29 is 26.3 Å². The fourth-order valence-corrected chi connectivity index (χ4v) is 0.357. The summed E-state index contributed by atoms with van der Waals surface area (Å²) in [7, 11) is 0. The molecule has 0 saturated heterocycles. The molecular formula is C6H4F6. The van der Waals surface area contributed by atoms with Gasteiger partial charge in [-0.25, -0.2) is 8.78 Å². The van der Waals surface area contributed by atoms with Crippen molar-refractivity contribution in [2.24, 2.45) is 0 Å². The molecule has 0 aromatic heterocycles. The number of alkyl halides is 4. The molecule has 0 spiro atoms. The molecule has 0 atom stereocenters. The zero-order valence-corrected chi connectivity index (χ0v) is 5.63. The highest BCUT2D eigenvalue weighted by molar-refractivity contribution is 5.18. The molecule has 0 rings (SSSR count). The summed E-state index contributed by atoms with van der Waals surface area (Å²) in [6.45, 7) is -1.15. The van der Waals surface area contributed by atoms with E-state index in [1.165, 1.54) is 0 Å². The Morgan fingerprint density at radius 2 is 1.67 bits per heavy atom. The first-order chi connectivity index (χ1) is 5.39. The normalized spacial score (nSPS) is 15.2. The number of hydrogen-bond donors (Lipinski definition) is 0. The van der Waals surface area contributed by atoms with Crippen LogP contribution in [-0.4, -0.2) is 12.9 Å². The van der Waals surface area contributed by atoms with Gasteiger partial charge in [-0.1, -0.05) is 6.08 Å². The summed E-state index contributed by atoms with van der Waals surface area (Å²) in [4.78, 5) is 0. The molecule has 12 heavy (non-hydrogen) atoms. The molecule has 0 aliphatic carbocycles. The smallest absolute Gasteiger partial charge is 0.247 e. The minimum Gasteiger partial charge on any atom is -0.247 e. The van der Waals surface area contributed by atoms with Gasteiger partial charge in [0.2, 0.25) is 5.83 Å². The van der Waals surface area contributed by atoms with Crippen LogP contribution in [0.25, 0.3) is 0 Å². The summed E-state index contributed by atoms with van der Waals surface area (Å²) in [6.07, 6.45) is -4.84. The van der Waals surface area contributed by atoms with Gasteiger partial charge in [0.1, 0.15) is 6.67 Å². The fraction of sp³-hybridized carbons (Fsp3) is 0.333. The third kappa shape index (κ3) is 3.45. The van der Waals surface area contributed by atoms with Crippen LogP contribution in [0.2, 0.25) is 0 Å². The second kappa shape index (κ2) is 4.18. The minimum atomic E-state index is -5.36. The van der Waals surface area contributed by atoms with E-state index in [-0.39, 0.29) is 6.08 Å². The topological polar surface area (TPSA) is 0 Å². The molecular weight excluding hydrogens is 186 g/mol. The van der Waals surface area contributed by atoms with E-state index in [0.717, 1.165) is 0 Å². The van der Waals surface area contributed by atoms with E-state index in [4.69, 9.17) is 0 Å². The quantitative estimate of drug-likeness (QED) is 0.463. The first kappa shape index (κ1) is 11.1. The monoisotopic (exact) mass is 190 g/mol.